The molecule has 8 nitrogen and oxygen atoms in total. The number of carbonyl (C=O) groups excluding carboxylic acids is 2. The van der Waals surface area contributed by atoms with E-state index in [0.29, 0.717) is 18.8 Å². The summed E-state index contributed by atoms with van der Waals surface area (Å²) in [6, 6.07) is 3.91. The van der Waals surface area contributed by atoms with E-state index in [1.54, 1.807) is 6.07 Å². The van der Waals surface area contributed by atoms with Crippen molar-refractivity contribution in [2.24, 2.45) is 5.73 Å². The van der Waals surface area contributed by atoms with Crippen LogP contribution in [0.4, 0.5) is 20.2 Å². The van der Waals surface area contributed by atoms with Crippen molar-refractivity contribution in [3.8, 4) is 5.75 Å². The van der Waals surface area contributed by atoms with Gasteiger partial charge in [0.15, 0.2) is 5.75 Å². The van der Waals surface area contributed by atoms with E-state index in [2.05, 4.69) is 15.4 Å². The van der Waals surface area contributed by atoms with E-state index in [9.17, 15) is 18.4 Å². The molecule has 154 valence electrons. The predicted molar refractivity (Wildman–Crippen MR) is 98.5 cm³/mol. The zero-order valence-electron chi connectivity index (χ0n) is 15.3. The lowest BCUT2D eigenvalue weighted by atomic mass is 9.92. The van der Waals surface area contributed by atoms with Gasteiger partial charge in [-0.05, 0) is 25.0 Å². The zero-order chi connectivity index (χ0) is 20.1. The van der Waals surface area contributed by atoms with Gasteiger partial charge in [-0.3, -0.25) is 9.59 Å². The third-order valence-electron chi connectivity index (χ3n) is 4.83. The van der Waals surface area contributed by atoms with E-state index in [-0.39, 0.29) is 36.5 Å². The Morgan fingerprint density at radius 1 is 1.39 bits per heavy atom. The Hall–Kier alpha value is -2.30. The minimum absolute atomic E-state index is 0.0749. The van der Waals surface area contributed by atoms with Crippen LogP contribution in [0, 0.1) is 0 Å². The first-order chi connectivity index (χ1) is 13.5. The Labute approximate surface area is 161 Å². The number of morpholine rings is 1. The summed E-state index contributed by atoms with van der Waals surface area (Å²) in [6.45, 7) is -2.42. The van der Waals surface area contributed by atoms with Gasteiger partial charge in [-0.1, -0.05) is 6.42 Å². The molecule has 2 aliphatic rings. The van der Waals surface area contributed by atoms with E-state index in [0.717, 1.165) is 19.3 Å². The van der Waals surface area contributed by atoms with Crippen molar-refractivity contribution in [3.63, 3.8) is 0 Å². The smallest absolute Gasteiger partial charge is 0.387 e. The van der Waals surface area contributed by atoms with Crippen LogP contribution in [0.5, 0.6) is 5.75 Å². The fourth-order valence-electron chi connectivity index (χ4n) is 3.10. The third-order valence-corrected chi connectivity index (χ3v) is 4.83. The maximum atomic E-state index is 12.9. The normalized spacial score (nSPS) is 18.7. The van der Waals surface area contributed by atoms with Gasteiger partial charge >= 0.3 is 6.61 Å². The molecule has 1 aliphatic heterocycles. The molecule has 1 aliphatic carbocycles. The predicted octanol–water partition coefficient (Wildman–Crippen LogP) is 1.06. The summed E-state index contributed by atoms with van der Waals surface area (Å²) in [5, 5.41) is 5.75. The fraction of sp³-hybridized carbons (Fsp3) is 0.556. The quantitative estimate of drug-likeness (QED) is 0.605. The molecule has 1 atom stereocenters. The van der Waals surface area contributed by atoms with E-state index in [4.69, 9.17) is 10.5 Å². The number of alkyl halides is 2. The van der Waals surface area contributed by atoms with E-state index >= 15 is 0 Å². The van der Waals surface area contributed by atoms with Gasteiger partial charge in [-0.15, -0.1) is 0 Å². The molecule has 28 heavy (non-hydrogen) atoms. The second-order valence-electron chi connectivity index (χ2n) is 6.73. The highest BCUT2D eigenvalue weighted by Gasteiger charge is 2.26. The van der Waals surface area contributed by atoms with Gasteiger partial charge in [0.2, 0.25) is 5.91 Å². The third kappa shape index (κ3) is 4.94. The van der Waals surface area contributed by atoms with Crippen LogP contribution < -0.4 is 26.0 Å². The SMILES string of the molecule is NC[C@H](NC1CCC1)C(=O)Nc1ccc(N2CCOCC2=O)cc1OC(F)F. The van der Waals surface area contributed by atoms with Crippen LogP contribution in [-0.4, -0.2) is 56.8 Å². The van der Waals surface area contributed by atoms with Crippen molar-refractivity contribution in [2.75, 3.05) is 36.5 Å². The van der Waals surface area contributed by atoms with Gasteiger partial charge < -0.3 is 30.7 Å². The molecule has 0 aromatic heterocycles. The number of carbonyl (C=O) groups is 2. The molecular formula is C18H24F2N4O4. The Balaban J connectivity index is 1.76. The molecule has 2 fully saturated rings. The molecular weight excluding hydrogens is 374 g/mol. The molecule has 1 heterocycles. The van der Waals surface area contributed by atoms with Crippen LogP contribution in [0.15, 0.2) is 18.2 Å². The lowest BCUT2D eigenvalue weighted by molar-refractivity contribution is -0.125. The number of ether oxygens (including phenoxy) is 2. The summed E-state index contributed by atoms with van der Waals surface area (Å²) >= 11 is 0. The van der Waals surface area contributed by atoms with Gasteiger partial charge in [0.1, 0.15) is 6.61 Å². The number of rotatable bonds is 8. The number of nitrogens with zero attached hydrogens (tertiary/aromatic N) is 1. The van der Waals surface area contributed by atoms with Crippen LogP contribution in [0.1, 0.15) is 19.3 Å². The molecule has 3 rings (SSSR count). The molecule has 2 amide bonds. The number of halogens is 2. The number of amides is 2. The number of hydrogen-bond acceptors (Lipinski definition) is 6. The summed E-state index contributed by atoms with van der Waals surface area (Å²) in [7, 11) is 0. The standard InChI is InChI=1S/C18H24F2N4O4/c19-18(20)28-15-8-12(24-6-7-27-10-16(24)25)4-5-13(15)23-17(26)14(9-21)22-11-2-1-3-11/h4-5,8,11,14,18,22H,1-3,6-7,9-10,21H2,(H,23,26)/t14-/m0/s1. The summed E-state index contributed by atoms with van der Waals surface area (Å²) in [4.78, 5) is 25.9. The van der Waals surface area contributed by atoms with Crippen molar-refractivity contribution >= 4 is 23.2 Å². The minimum atomic E-state index is -3.08. The van der Waals surface area contributed by atoms with Crippen molar-refractivity contribution in [2.45, 2.75) is 38.0 Å². The van der Waals surface area contributed by atoms with Crippen molar-refractivity contribution in [1.82, 2.24) is 5.32 Å². The molecule has 0 unspecified atom stereocenters. The summed E-state index contributed by atoms with van der Waals surface area (Å²) in [6.07, 6.45) is 3.06. The number of nitrogens with one attached hydrogen (secondary N) is 2. The lowest BCUT2D eigenvalue weighted by Crippen LogP contribution is -2.52. The van der Waals surface area contributed by atoms with Crippen LogP contribution in [0.25, 0.3) is 0 Å². The number of benzene rings is 1. The highest BCUT2D eigenvalue weighted by atomic mass is 19.3. The molecule has 0 spiro atoms. The first-order valence-electron chi connectivity index (χ1n) is 9.22. The highest BCUT2D eigenvalue weighted by Crippen LogP contribution is 2.32. The molecule has 0 radical (unpaired) electrons. The van der Waals surface area contributed by atoms with Crippen molar-refractivity contribution in [3.05, 3.63) is 18.2 Å². The molecule has 10 heteroatoms. The number of hydrogen-bond donors (Lipinski definition) is 3. The summed E-state index contributed by atoms with van der Waals surface area (Å²) in [5.41, 5.74) is 6.16. The summed E-state index contributed by atoms with van der Waals surface area (Å²) in [5.74, 6) is -0.929. The number of anilines is 2. The van der Waals surface area contributed by atoms with E-state index in [1.165, 1.54) is 17.0 Å². The van der Waals surface area contributed by atoms with Gasteiger partial charge in [-0.25, -0.2) is 0 Å². The average molecular weight is 398 g/mol. The second kappa shape index (κ2) is 9.26. The monoisotopic (exact) mass is 398 g/mol. The Morgan fingerprint density at radius 3 is 2.79 bits per heavy atom. The van der Waals surface area contributed by atoms with Crippen LogP contribution in [-0.2, 0) is 14.3 Å². The largest absolute Gasteiger partial charge is 0.433 e. The first-order valence-corrected chi connectivity index (χ1v) is 9.22. The molecule has 1 saturated heterocycles. The Morgan fingerprint density at radius 2 is 2.18 bits per heavy atom. The van der Waals surface area contributed by atoms with Crippen molar-refractivity contribution in [1.29, 1.82) is 0 Å². The lowest BCUT2D eigenvalue weighted by Gasteiger charge is -2.30. The fourth-order valence-corrected chi connectivity index (χ4v) is 3.10. The maximum absolute atomic E-state index is 12.9. The van der Waals surface area contributed by atoms with Crippen molar-refractivity contribution < 1.29 is 27.8 Å². The maximum Gasteiger partial charge on any atom is 0.387 e. The average Bonchev–Trinajstić information content (AvgIpc) is 2.62. The summed E-state index contributed by atoms with van der Waals surface area (Å²) < 4.78 is 35.4. The topological polar surface area (TPSA) is 106 Å². The van der Waals surface area contributed by atoms with Gasteiger partial charge in [-0.2, -0.15) is 8.78 Å². The molecule has 4 N–H and O–H groups in total. The Kier molecular flexibility index (Phi) is 6.76. The van der Waals surface area contributed by atoms with Crippen LogP contribution >= 0.6 is 0 Å². The molecule has 0 bridgehead atoms. The van der Waals surface area contributed by atoms with E-state index < -0.39 is 18.6 Å². The zero-order valence-corrected chi connectivity index (χ0v) is 15.3. The highest BCUT2D eigenvalue weighted by molar-refractivity contribution is 5.98. The second-order valence-corrected chi connectivity index (χ2v) is 6.73. The number of nitrogens with two attached hydrogens (primary N) is 1. The molecule has 1 saturated carbocycles. The molecule has 1 aromatic rings. The van der Waals surface area contributed by atoms with Gasteiger partial charge in [0.05, 0.1) is 18.3 Å². The van der Waals surface area contributed by atoms with Crippen LogP contribution in [0.3, 0.4) is 0 Å². The van der Waals surface area contributed by atoms with Gasteiger partial charge in [0.25, 0.3) is 5.91 Å². The van der Waals surface area contributed by atoms with E-state index in [1.807, 2.05) is 0 Å². The molecule has 1 aromatic carbocycles. The van der Waals surface area contributed by atoms with Gasteiger partial charge in [0, 0.05) is 30.9 Å². The Bertz CT molecular complexity index is 715. The van der Waals surface area contributed by atoms with Crippen LogP contribution in [0.2, 0.25) is 0 Å². The first kappa shape index (κ1) is 20.4. The minimum Gasteiger partial charge on any atom is -0.433 e.